The van der Waals surface area contributed by atoms with Crippen molar-refractivity contribution in [3.05, 3.63) is 53.6 Å². The van der Waals surface area contributed by atoms with Crippen LogP contribution in [0.2, 0.25) is 0 Å². The molecule has 0 saturated heterocycles. The van der Waals surface area contributed by atoms with Crippen molar-refractivity contribution in [2.45, 2.75) is 11.4 Å². The van der Waals surface area contributed by atoms with E-state index < -0.39 is 0 Å². The second kappa shape index (κ2) is 11.6. The summed E-state index contributed by atoms with van der Waals surface area (Å²) in [4.78, 5) is 16.6. The van der Waals surface area contributed by atoms with E-state index >= 15 is 0 Å². The molecule has 1 aromatic heterocycles. The third-order valence-electron chi connectivity index (χ3n) is 4.99. The van der Waals surface area contributed by atoms with Crippen LogP contribution >= 0.6 is 11.8 Å². The van der Waals surface area contributed by atoms with Gasteiger partial charge in [0.2, 0.25) is 11.7 Å². The van der Waals surface area contributed by atoms with E-state index in [1.165, 1.54) is 33.1 Å². The molecule has 0 unspecified atom stereocenters. The minimum Gasteiger partial charge on any atom is -0.493 e. The second-order valence-corrected chi connectivity index (χ2v) is 8.16. The number of carbonyl (C=O) groups excluding carboxylic acids is 1. The number of aromatic nitrogens is 1. The molecule has 1 amide bonds. The number of hydrogen-bond donors (Lipinski definition) is 2. The lowest BCUT2D eigenvalue weighted by Gasteiger charge is -2.17. The lowest BCUT2D eigenvalue weighted by molar-refractivity contribution is -0.115. The smallest absolute Gasteiger partial charge is 0.225 e. The molecule has 3 rings (SSSR count). The van der Waals surface area contributed by atoms with Gasteiger partial charge in [-0.15, -0.1) is 11.8 Å². The summed E-state index contributed by atoms with van der Waals surface area (Å²) in [7, 11) is 4.43. The Morgan fingerprint density at radius 3 is 2.20 bits per heavy atom. The maximum absolute atomic E-state index is 12.3. The molecule has 1 heterocycles. The Labute approximate surface area is 207 Å². The fourth-order valence-electron chi connectivity index (χ4n) is 3.40. The van der Waals surface area contributed by atoms with E-state index in [0.29, 0.717) is 44.8 Å². The van der Waals surface area contributed by atoms with Crippen LogP contribution in [0.1, 0.15) is 17.5 Å². The Morgan fingerprint density at radius 1 is 1.03 bits per heavy atom. The molecule has 0 fully saturated rings. The van der Waals surface area contributed by atoms with Crippen LogP contribution in [-0.4, -0.2) is 38.0 Å². The zero-order valence-corrected chi connectivity index (χ0v) is 20.2. The van der Waals surface area contributed by atoms with Crippen LogP contribution in [0.25, 0.3) is 11.1 Å². The number of ether oxygens (including phenoxy) is 3. The predicted octanol–water partition coefficient (Wildman–Crippen LogP) is 4.22. The van der Waals surface area contributed by atoms with Gasteiger partial charge in [-0.05, 0) is 29.8 Å². The summed E-state index contributed by atoms with van der Waals surface area (Å²) >= 11 is 1.21. The maximum atomic E-state index is 12.3. The van der Waals surface area contributed by atoms with Crippen LogP contribution in [-0.2, 0) is 4.79 Å². The van der Waals surface area contributed by atoms with Crippen LogP contribution < -0.4 is 25.3 Å². The molecule has 0 bridgehead atoms. The van der Waals surface area contributed by atoms with E-state index in [0.717, 1.165) is 0 Å². The third-order valence-corrected chi connectivity index (χ3v) is 5.97. The number of nitrogen functional groups attached to an aromatic ring is 1. The fourth-order valence-corrected chi connectivity index (χ4v) is 4.34. The number of nitrogens with one attached hydrogen (secondary N) is 1. The van der Waals surface area contributed by atoms with Crippen molar-refractivity contribution in [2.75, 3.05) is 38.1 Å². The maximum Gasteiger partial charge on any atom is 0.225 e. The molecule has 3 N–H and O–H groups in total. The van der Waals surface area contributed by atoms with E-state index in [9.17, 15) is 15.3 Å². The number of nitriles is 2. The molecule has 10 heteroatoms. The highest BCUT2D eigenvalue weighted by Gasteiger charge is 2.23. The molecule has 0 aliphatic carbocycles. The number of methoxy groups -OCH3 is 3. The number of nitrogens with zero attached hydrogens (tertiary/aromatic N) is 3. The monoisotopic (exact) mass is 489 g/mol. The van der Waals surface area contributed by atoms with Gasteiger partial charge in [0, 0.05) is 23.4 Å². The van der Waals surface area contributed by atoms with Gasteiger partial charge in [-0.2, -0.15) is 10.5 Å². The van der Waals surface area contributed by atoms with Gasteiger partial charge in [-0.3, -0.25) is 4.79 Å². The number of anilines is 2. The first-order valence-electron chi connectivity index (χ1n) is 10.4. The number of nitrogens with two attached hydrogens (primary N) is 1. The first-order valence-corrected chi connectivity index (χ1v) is 11.4. The first kappa shape index (κ1) is 25.2. The molecular weight excluding hydrogens is 466 g/mol. The highest BCUT2D eigenvalue weighted by Crippen LogP contribution is 2.44. The summed E-state index contributed by atoms with van der Waals surface area (Å²) in [6.45, 7) is 0. The predicted molar refractivity (Wildman–Crippen MR) is 134 cm³/mol. The molecule has 0 aliphatic rings. The highest BCUT2D eigenvalue weighted by atomic mass is 32.2. The number of thioether (sulfide) groups is 1. The van der Waals surface area contributed by atoms with Gasteiger partial charge in [0.15, 0.2) is 11.5 Å². The SMILES string of the molecule is COc1cc(-c2c(C#N)c(N)nc(SCCC(=O)Nc3ccccc3)c2C#N)cc(OC)c1OC. The van der Waals surface area contributed by atoms with Crippen LogP contribution in [0, 0.1) is 22.7 Å². The zero-order valence-electron chi connectivity index (χ0n) is 19.4. The van der Waals surface area contributed by atoms with Crippen molar-refractivity contribution in [3.63, 3.8) is 0 Å². The van der Waals surface area contributed by atoms with Crippen LogP contribution in [0.4, 0.5) is 11.5 Å². The van der Waals surface area contributed by atoms with E-state index in [4.69, 9.17) is 19.9 Å². The molecule has 0 saturated carbocycles. The molecule has 0 aliphatic heterocycles. The van der Waals surface area contributed by atoms with Crippen molar-refractivity contribution in [1.29, 1.82) is 10.5 Å². The van der Waals surface area contributed by atoms with E-state index in [2.05, 4.69) is 16.4 Å². The first-order chi connectivity index (χ1) is 17.0. The standard InChI is InChI=1S/C25H23N5O4S/c1-32-19-11-15(12-20(33-2)23(19)34-3)22-17(13-26)24(28)30-25(18(22)14-27)35-10-9-21(31)29-16-7-5-4-6-8-16/h4-8,11-12H,9-10H2,1-3H3,(H2,28,30)(H,29,31). The van der Waals surface area contributed by atoms with Crippen molar-refractivity contribution in [3.8, 4) is 40.5 Å². The van der Waals surface area contributed by atoms with Gasteiger partial charge in [0.25, 0.3) is 0 Å². The number of amides is 1. The molecule has 178 valence electrons. The van der Waals surface area contributed by atoms with E-state index in [1.54, 1.807) is 24.3 Å². The van der Waals surface area contributed by atoms with Gasteiger partial charge in [0.1, 0.15) is 28.5 Å². The second-order valence-electron chi connectivity index (χ2n) is 7.08. The summed E-state index contributed by atoms with van der Waals surface area (Å²) in [5.74, 6) is 1.24. The molecule has 2 aromatic carbocycles. The highest BCUT2D eigenvalue weighted by molar-refractivity contribution is 7.99. The van der Waals surface area contributed by atoms with Crippen LogP contribution in [0.3, 0.4) is 0 Å². The minimum atomic E-state index is -0.173. The fraction of sp³-hybridized carbons (Fsp3) is 0.200. The zero-order chi connectivity index (χ0) is 25.4. The van der Waals surface area contributed by atoms with Crippen molar-refractivity contribution in [1.82, 2.24) is 4.98 Å². The number of rotatable bonds is 9. The topological polar surface area (TPSA) is 143 Å². The number of benzene rings is 2. The summed E-state index contributed by atoms with van der Waals surface area (Å²) < 4.78 is 16.2. The van der Waals surface area contributed by atoms with Gasteiger partial charge < -0.3 is 25.3 Å². The Hall–Kier alpha value is -4.41. The quantitative estimate of drug-likeness (QED) is 0.422. The summed E-state index contributed by atoms with van der Waals surface area (Å²) in [5, 5.41) is 22.9. The summed E-state index contributed by atoms with van der Waals surface area (Å²) in [5.41, 5.74) is 7.80. The Bertz CT molecular complexity index is 1290. The van der Waals surface area contributed by atoms with E-state index in [-0.39, 0.29) is 29.3 Å². The molecular formula is C25H23N5O4S. The average molecular weight is 490 g/mol. The van der Waals surface area contributed by atoms with Gasteiger partial charge in [0.05, 0.1) is 26.9 Å². The number of para-hydroxylation sites is 1. The van der Waals surface area contributed by atoms with Crippen molar-refractivity contribution < 1.29 is 19.0 Å². The average Bonchev–Trinajstić information content (AvgIpc) is 2.87. The normalized spacial score (nSPS) is 10.1. The minimum absolute atomic E-state index is 0.0218. The number of pyridine rings is 1. The molecule has 35 heavy (non-hydrogen) atoms. The third kappa shape index (κ3) is 5.57. The lowest BCUT2D eigenvalue weighted by atomic mass is 9.96. The molecule has 3 aromatic rings. The van der Waals surface area contributed by atoms with Crippen molar-refractivity contribution in [2.24, 2.45) is 0 Å². The van der Waals surface area contributed by atoms with Gasteiger partial charge in [-0.1, -0.05) is 18.2 Å². The summed E-state index contributed by atoms with van der Waals surface area (Å²) in [6.07, 6.45) is 0.186. The van der Waals surface area contributed by atoms with Gasteiger partial charge >= 0.3 is 0 Å². The summed E-state index contributed by atoms with van der Waals surface area (Å²) in [6, 6.07) is 16.6. The molecule has 0 atom stereocenters. The molecule has 9 nitrogen and oxygen atoms in total. The Kier molecular flexibility index (Phi) is 8.38. The Balaban J connectivity index is 1.97. The van der Waals surface area contributed by atoms with Gasteiger partial charge in [-0.25, -0.2) is 4.98 Å². The van der Waals surface area contributed by atoms with Crippen molar-refractivity contribution >= 4 is 29.2 Å². The largest absolute Gasteiger partial charge is 0.493 e. The molecule has 0 spiro atoms. The Morgan fingerprint density at radius 2 is 1.66 bits per heavy atom. The lowest BCUT2D eigenvalue weighted by Crippen LogP contribution is -2.12. The number of hydrogen-bond acceptors (Lipinski definition) is 9. The number of carbonyl (C=O) groups is 1. The van der Waals surface area contributed by atoms with Crippen LogP contribution in [0.15, 0.2) is 47.5 Å². The van der Waals surface area contributed by atoms with E-state index in [1.807, 2.05) is 24.3 Å². The van der Waals surface area contributed by atoms with Crippen LogP contribution in [0.5, 0.6) is 17.2 Å². The molecule has 0 radical (unpaired) electrons.